The summed E-state index contributed by atoms with van der Waals surface area (Å²) in [6.45, 7) is 2.50. The second-order valence-electron chi connectivity index (χ2n) is 5.74. The molecule has 4 nitrogen and oxygen atoms in total. The van der Waals surface area contributed by atoms with Gasteiger partial charge in [-0.3, -0.25) is 0 Å². The molecule has 4 rings (SSSR count). The lowest BCUT2D eigenvalue weighted by molar-refractivity contribution is 0.305. The lowest BCUT2D eigenvalue weighted by atomic mass is 10.2. The highest BCUT2D eigenvalue weighted by Gasteiger charge is 2.12. The number of hydrogen-bond donors (Lipinski definition) is 1. The van der Waals surface area contributed by atoms with Crippen molar-refractivity contribution in [2.45, 2.75) is 13.5 Å². The molecule has 0 atom stereocenters. The maximum Gasteiger partial charge on any atom is 0.188 e. The summed E-state index contributed by atoms with van der Waals surface area (Å²) in [7, 11) is 0. The largest absolute Gasteiger partial charge is 0.487 e. The number of aromatic nitrogens is 2. The summed E-state index contributed by atoms with van der Waals surface area (Å²) in [6.07, 6.45) is 1.75. The van der Waals surface area contributed by atoms with E-state index in [-0.39, 0.29) is 0 Å². The summed E-state index contributed by atoms with van der Waals surface area (Å²) in [5.74, 6) is 1.53. The Hall–Kier alpha value is -2.70. The maximum absolute atomic E-state index is 5.94. The molecule has 130 valence electrons. The molecule has 3 heterocycles. The smallest absolute Gasteiger partial charge is 0.188 e. The van der Waals surface area contributed by atoms with E-state index in [9.17, 15) is 0 Å². The predicted octanol–water partition coefficient (Wildman–Crippen LogP) is 5.90. The number of thiazole rings is 1. The molecule has 26 heavy (non-hydrogen) atoms. The van der Waals surface area contributed by atoms with E-state index in [2.05, 4.69) is 26.7 Å². The molecule has 1 aromatic carbocycles. The number of rotatable bonds is 6. The third kappa shape index (κ3) is 3.92. The zero-order valence-electron chi connectivity index (χ0n) is 14.2. The van der Waals surface area contributed by atoms with Gasteiger partial charge in [-0.15, -0.1) is 22.7 Å². The zero-order chi connectivity index (χ0) is 17.8. The molecule has 0 aliphatic heterocycles. The fourth-order valence-electron chi connectivity index (χ4n) is 2.50. The predicted molar refractivity (Wildman–Crippen MR) is 108 cm³/mol. The Kier molecular flexibility index (Phi) is 4.95. The van der Waals surface area contributed by atoms with Crippen LogP contribution in [0.15, 0.2) is 65.5 Å². The molecule has 0 bridgehead atoms. The van der Waals surface area contributed by atoms with Gasteiger partial charge in [0.1, 0.15) is 18.2 Å². The van der Waals surface area contributed by atoms with E-state index in [0.29, 0.717) is 6.61 Å². The van der Waals surface area contributed by atoms with E-state index in [0.717, 1.165) is 38.4 Å². The molecule has 0 amide bonds. The van der Waals surface area contributed by atoms with Crippen molar-refractivity contribution < 1.29 is 4.74 Å². The molecule has 0 saturated carbocycles. The topological polar surface area (TPSA) is 47.0 Å². The summed E-state index contributed by atoms with van der Waals surface area (Å²) < 4.78 is 5.94. The van der Waals surface area contributed by atoms with Crippen LogP contribution in [0, 0.1) is 6.92 Å². The van der Waals surface area contributed by atoms with E-state index in [1.807, 2.05) is 54.8 Å². The molecule has 0 saturated heterocycles. The zero-order valence-corrected chi connectivity index (χ0v) is 15.8. The number of thiophene rings is 1. The number of nitrogens with one attached hydrogen (secondary N) is 1. The van der Waals surface area contributed by atoms with E-state index in [4.69, 9.17) is 4.74 Å². The van der Waals surface area contributed by atoms with Crippen molar-refractivity contribution >= 4 is 33.6 Å². The average Bonchev–Trinajstić information content (AvgIpc) is 3.34. The molecule has 0 fully saturated rings. The summed E-state index contributed by atoms with van der Waals surface area (Å²) in [5.41, 5.74) is 3.14. The minimum absolute atomic E-state index is 0.519. The lowest BCUT2D eigenvalue weighted by Crippen LogP contribution is -1.99. The monoisotopic (exact) mass is 379 g/mol. The van der Waals surface area contributed by atoms with Crippen molar-refractivity contribution in [2.24, 2.45) is 0 Å². The Morgan fingerprint density at radius 3 is 2.69 bits per heavy atom. The van der Waals surface area contributed by atoms with Gasteiger partial charge in [0.2, 0.25) is 0 Å². The Labute approximate surface area is 160 Å². The van der Waals surface area contributed by atoms with Gasteiger partial charge in [-0.1, -0.05) is 36.4 Å². The number of nitrogens with zero attached hydrogens (tertiary/aromatic N) is 2. The molecule has 0 unspecified atom stereocenters. The van der Waals surface area contributed by atoms with E-state index < -0.39 is 0 Å². The minimum Gasteiger partial charge on any atom is -0.487 e. The van der Waals surface area contributed by atoms with Crippen molar-refractivity contribution in [3.63, 3.8) is 0 Å². The van der Waals surface area contributed by atoms with Crippen LogP contribution in [-0.4, -0.2) is 9.97 Å². The van der Waals surface area contributed by atoms with Gasteiger partial charge < -0.3 is 10.1 Å². The molecule has 6 heteroatoms. The number of anilines is 2. The number of hydrogen-bond acceptors (Lipinski definition) is 6. The average molecular weight is 380 g/mol. The first-order chi connectivity index (χ1) is 12.8. The maximum atomic E-state index is 5.94. The summed E-state index contributed by atoms with van der Waals surface area (Å²) in [6, 6.07) is 16.3. The highest BCUT2D eigenvalue weighted by atomic mass is 32.1. The van der Waals surface area contributed by atoms with Crippen LogP contribution >= 0.6 is 22.7 Å². The number of ether oxygens (including phenoxy) is 1. The van der Waals surface area contributed by atoms with Gasteiger partial charge in [0.25, 0.3) is 0 Å². The first-order valence-corrected chi connectivity index (χ1v) is 9.94. The van der Waals surface area contributed by atoms with E-state index >= 15 is 0 Å². The summed E-state index contributed by atoms with van der Waals surface area (Å²) >= 11 is 3.25. The van der Waals surface area contributed by atoms with Crippen molar-refractivity contribution in [3.8, 4) is 16.2 Å². The molecular weight excluding hydrogens is 362 g/mol. The van der Waals surface area contributed by atoms with Gasteiger partial charge in [0, 0.05) is 15.8 Å². The number of aryl methyl sites for hydroxylation is 1. The molecule has 0 aliphatic rings. The van der Waals surface area contributed by atoms with Gasteiger partial charge in [0.05, 0.1) is 11.9 Å². The van der Waals surface area contributed by atoms with Crippen LogP contribution in [0.4, 0.5) is 10.9 Å². The fourth-order valence-corrected chi connectivity index (χ4v) is 3.93. The first kappa shape index (κ1) is 16.8. The van der Waals surface area contributed by atoms with Crippen molar-refractivity contribution in [1.82, 2.24) is 9.97 Å². The molecule has 1 N–H and O–H groups in total. The van der Waals surface area contributed by atoms with Crippen LogP contribution < -0.4 is 10.1 Å². The fraction of sp³-hybridized carbons (Fsp3) is 0.100. The second-order valence-corrected chi connectivity index (χ2v) is 7.54. The second kappa shape index (κ2) is 7.68. The van der Waals surface area contributed by atoms with E-state index in [1.165, 1.54) is 0 Å². The Morgan fingerprint density at radius 1 is 1.08 bits per heavy atom. The third-order valence-corrected chi connectivity index (χ3v) is 5.52. The van der Waals surface area contributed by atoms with Crippen LogP contribution in [0.2, 0.25) is 0 Å². The molecule has 0 spiro atoms. The van der Waals surface area contributed by atoms with Crippen molar-refractivity contribution in [3.05, 3.63) is 76.7 Å². The van der Waals surface area contributed by atoms with Crippen LogP contribution in [0.5, 0.6) is 5.75 Å². The summed E-state index contributed by atoms with van der Waals surface area (Å²) in [5, 5.41) is 8.25. The molecule has 0 radical (unpaired) electrons. The van der Waals surface area contributed by atoms with Gasteiger partial charge in [-0.05, 0) is 30.0 Å². The van der Waals surface area contributed by atoms with Crippen LogP contribution in [0.1, 0.15) is 11.3 Å². The Balaban J connectivity index is 1.60. The molecule has 3 aromatic heterocycles. The van der Waals surface area contributed by atoms with Gasteiger partial charge >= 0.3 is 0 Å². The van der Waals surface area contributed by atoms with E-state index in [1.54, 1.807) is 28.9 Å². The Morgan fingerprint density at radius 2 is 1.96 bits per heavy atom. The number of pyridine rings is 1. The lowest BCUT2D eigenvalue weighted by Gasteiger charge is -2.11. The van der Waals surface area contributed by atoms with Crippen LogP contribution in [0.25, 0.3) is 10.4 Å². The van der Waals surface area contributed by atoms with Gasteiger partial charge in [-0.2, -0.15) is 0 Å². The van der Waals surface area contributed by atoms with Gasteiger partial charge in [0.15, 0.2) is 5.13 Å². The Bertz CT molecular complexity index is 981. The normalized spacial score (nSPS) is 10.7. The first-order valence-electron chi connectivity index (χ1n) is 8.18. The van der Waals surface area contributed by atoms with Crippen molar-refractivity contribution in [1.29, 1.82) is 0 Å². The van der Waals surface area contributed by atoms with Gasteiger partial charge in [-0.25, -0.2) is 9.97 Å². The van der Waals surface area contributed by atoms with Crippen LogP contribution in [0.3, 0.4) is 0 Å². The van der Waals surface area contributed by atoms with Crippen LogP contribution in [-0.2, 0) is 6.61 Å². The minimum atomic E-state index is 0.519. The highest BCUT2D eigenvalue weighted by Crippen LogP contribution is 2.35. The number of benzene rings is 1. The highest BCUT2D eigenvalue weighted by molar-refractivity contribution is 7.14. The molecular formula is C20H17N3OS2. The standard InChI is InChI=1S/C20H17N3OS2/c1-14-13-26-20(22-14)23-19-17(18-8-5-9-25-18)10-16(11-21-19)24-12-15-6-3-2-4-7-15/h2-11,13H,12H2,1H3,(H,21,22,23). The molecule has 0 aliphatic carbocycles. The summed E-state index contributed by atoms with van der Waals surface area (Å²) in [4.78, 5) is 10.2. The molecule has 4 aromatic rings. The third-order valence-electron chi connectivity index (χ3n) is 3.74. The quantitative estimate of drug-likeness (QED) is 0.453. The SMILES string of the molecule is Cc1csc(Nc2ncc(OCc3ccccc3)cc2-c2cccs2)n1. The van der Waals surface area contributed by atoms with Crippen molar-refractivity contribution in [2.75, 3.05) is 5.32 Å².